The minimum absolute atomic E-state index is 0.0957. The van der Waals surface area contributed by atoms with Gasteiger partial charge < -0.3 is 19.9 Å². The number of rotatable bonds is 6. The number of carboxylic acid groups (broad SMARTS) is 1. The predicted molar refractivity (Wildman–Crippen MR) is 66.6 cm³/mol. The Kier molecular flexibility index (Phi) is 5.24. The molecule has 1 aromatic carbocycles. The summed E-state index contributed by atoms with van der Waals surface area (Å²) < 4.78 is 11.2. The zero-order valence-electron chi connectivity index (χ0n) is 9.62. The first-order chi connectivity index (χ1) is 8.08. The molecule has 0 bridgehead atoms. The van der Waals surface area contributed by atoms with Gasteiger partial charge in [0.1, 0.15) is 11.5 Å². The monoisotopic (exact) mass is 303 g/mol. The predicted octanol–water partition coefficient (Wildman–Crippen LogP) is 1.64. The fraction of sp³-hybridized carbons (Fsp3) is 0.364. The van der Waals surface area contributed by atoms with E-state index in [1.807, 2.05) is 0 Å². The number of hydrogen-bond donors (Lipinski definition) is 2. The quantitative estimate of drug-likeness (QED) is 0.836. The van der Waals surface area contributed by atoms with Gasteiger partial charge in [-0.05, 0) is 28.1 Å². The van der Waals surface area contributed by atoms with Crippen LogP contribution in [0.2, 0.25) is 0 Å². The number of ether oxygens (including phenoxy) is 2. The molecule has 1 aromatic rings. The minimum atomic E-state index is -0.895. The maximum atomic E-state index is 10.4. The molecule has 0 amide bonds. The van der Waals surface area contributed by atoms with Crippen molar-refractivity contribution in [3.05, 3.63) is 22.2 Å². The van der Waals surface area contributed by atoms with E-state index in [1.54, 1.807) is 26.4 Å². The zero-order valence-corrected chi connectivity index (χ0v) is 11.2. The smallest absolute Gasteiger partial charge is 0.317 e. The first-order valence-corrected chi connectivity index (χ1v) is 5.70. The molecule has 0 spiro atoms. The lowest BCUT2D eigenvalue weighted by Crippen LogP contribution is -2.22. The van der Waals surface area contributed by atoms with Crippen LogP contribution in [-0.2, 0) is 11.3 Å². The summed E-state index contributed by atoms with van der Waals surface area (Å²) in [4.78, 5) is 10.4. The van der Waals surface area contributed by atoms with Crippen molar-refractivity contribution >= 4 is 21.9 Å². The van der Waals surface area contributed by atoms with Gasteiger partial charge in [-0.15, -0.1) is 0 Å². The van der Waals surface area contributed by atoms with Gasteiger partial charge in [-0.3, -0.25) is 4.79 Å². The third-order valence-corrected chi connectivity index (χ3v) is 2.77. The molecule has 0 fully saturated rings. The molecule has 1 rings (SSSR count). The van der Waals surface area contributed by atoms with Crippen molar-refractivity contribution in [1.82, 2.24) is 5.32 Å². The Bertz CT molecular complexity index is 409. The van der Waals surface area contributed by atoms with Gasteiger partial charge in [0.15, 0.2) is 0 Å². The van der Waals surface area contributed by atoms with E-state index in [9.17, 15) is 4.79 Å². The maximum Gasteiger partial charge on any atom is 0.317 e. The van der Waals surface area contributed by atoms with Crippen molar-refractivity contribution in [2.24, 2.45) is 0 Å². The first kappa shape index (κ1) is 13.8. The van der Waals surface area contributed by atoms with Crippen molar-refractivity contribution in [2.75, 3.05) is 20.8 Å². The van der Waals surface area contributed by atoms with Crippen LogP contribution in [0.3, 0.4) is 0 Å². The fourth-order valence-electron chi connectivity index (χ4n) is 1.37. The average Bonchev–Trinajstić information content (AvgIpc) is 2.30. The van der Waals surface area contributed by atoms with Gasteiger partial charge in [-0.1, -0.05) is 0 Å². The van der Waals surface area contributed by atoms with Crippen molar-refractivity contribution in [3.8, 4) is 11.5 Å². The Morgan fingerprint density at radius 3 is 2.53 bits per heavy atom. The highest BCUT2D eigenvalue weighted by Crippen LogP contribution is 2.32. The van der Waals surface area contributed by atoms with Crippen LogP contribution < -0.4 is 14.8 Å². The Hall–Kier alpha value is -1.27. The molecule has 0 saturated carbocycles. The van der Waals surface area contributed by atoms with Crippen molar-refractivity contribution in [3.63, 3.8) is 0 Å². The number of carboxylic acids is 1. The van der Waals surface area contributed by atoms with Crippen LogP contribution in [-0.4, -0.2) is 31.8 Å². The first-order valence-electron chi connectivity index (χ1n) is 4.91. The molecule has 2 N–H and O–H groups in total. The molecule has 17 heavy (non-hydrogen) atoms. The van der Waals surface area contributed by atoms with Gasteiger partial charge in [-0.2, -0.15) is 0 Å². The molecule has 5 nitrogen and oxygen atoms in total. The topological polar surface area (TPSA) is 67.8 Å². The highest BCUT2D eigenvalue weighted by Gasteiger charge is 2.09. The lowest BCUT2D eigenvalue weighted by atomic mass is 10.2. The highest BCUT2D eigenvalue weighted by atomic mass is 79.9. The van der Waals surface area contributed by atoms with Crippen molar-refractivity contribution < 1.29 is 19.4 Å². The Labute approximate surface area is 108 Å². The van der Waals surface area contributed by atoms with Gasteiger partial charge in [0, 0.05) is 12.1 Å². The summed E-state index contributed by atoms with van der Waals surface area (Å²) >= 11 is 3.35. The van der Waals surface area contributed by atoms with E-state index in [1.165, 1.54) is 0 Å². The lowest BCUT2D eigenvalue weighted by Gasteiger charge is -2.12. The maximum absolute atomic E-state index is 10.4. The number of halogens is 1. The molecule has 0 unspecified atom stereocenters. The normalized spacial score (nSPS) is 10.1. The second-order valence-corrected chi connectivity index (χ2v) is 4.15. The van der Waals surface area contributed by atoms with E-state index in [4.69, 9.17) is 14.6 Å². The van der Waals surface area contributed by atoms with Crippen LogP contribution in [0, 0.1) is 0 Å². The zero-order chi connectivity index (χ0) is 12.8. The standard InChI is InChI=1S/C11H14BrNO4/c1-16-9-4-8(12)10(17-2)3-7(9)5-13-6-11(14)15/h3-4,13H,5-6H2,1-2H3,(H,14,15). The SMILES string of the molecule is COc1cc(CNCC(=O)O)c(OC)cc1Br. The van der Waals surface area contributed by atoms with E-state index in [0.717, 1.165) is 10.0 Å². The van der Waals surface area contributed by atoms with Gasteiger partial charge in [0.2, 0.25) is 0 Å². The molecule has 6 heteroatoms. The Morgan fingerprint density at radius 1 is 1.35 bits per heavy atom. The summed E-state index contributed by atoms with van der Waals surface area (Å²) in [5.74, 6) is 0.460. The van der Waals surface area contributed by atoms with Gasteiger partial charge in [0.05, 0.1) is 25.2 Å². The molecule has 0 aromatic heterocycles. The highest BCUT2D eigenvalue weighted by molar-refractivity contribution is 9.10. The molecule has 94 valence electrons. The summed E-state index contributed by atoms with van der Waals surface area (Å²) in [7, 11) is 3.13. The summed E-state index contributed by atoms with van der Waals surface area (Å²) in [6.07, 6.45) is 0. The van der Waals surface area contributed by atoms with E-state index in [0.29, 0.717) is 18.0 Å². The second-order valence-electron chi connectivity index (χ2n) is 3.30. The van der Waals surface area contributed by atoms with E-state index in [-0.39, 0.29) is 6.54 Å². The largest absolute Gasteiger partial charge is 0.496 e. The third-order valence-electron chi connectivity index (χ3n) is 2.15. The number of carbonyl (C=O) groups is 1. The third kappa shape index (κ3) is 3.90. The van der Waals surface area contributed by atoms with Crippen LogP contribution in [0.1, 0.15) is 5.56 Å². The molecular weight excluding hydrogens is 290 g/mol. The van der Waals surface area contributed by atoms with Gasteiger partial charge in [0.25, 0.3) is 0 Å². The van der Waals surface area contributed by atoms with Crippen LogP contribution in [0.5, 0.6) is 11.5 Å². The number of nitrogens with one attached hydrogen (secondary N) is 1. The average molecular weight is 304 g/mol. The van der Waals surface area contributed by atoms with Crippen LogP contribution >= 0.6 is 15.9 Å². The summed E-state index contributed by atoms with van der Waals surface area (Å²) in [6.45, 7) is 0.306. The molecule has 0 aliphatic heterocycles. The van der Waals surface area contributed by atoms with E-state index < -0.39 is 5.97 Å². The molecule has 0 radical (unpaired) electrons. The number of benzene rings is 1. The van der Waals surface area contributed by atoms with Crippen LogP contribution in [0.15, 0.2) is 16.6 Å². The molecule has 0 aliphatic carbocycles. The number of hydrogen-bond acceptors (Lipinski definition) is 4. The molecule has 0 heterocycles. The Morgan fingerprint density at radius 2 is 2.00 bits per heavy atom. The Balaban J connectivity index is 2.84. The summed E-state index contributed by atoms with van der Waals surface area (Å²) in [6, 6.07) is 3.59. The summed E-state index contributed by atoms with van der Waals surface area (Å²) in [5.41, 5.74) is 0.841. The lowest BCUT2D eigenvalue weighted by molar-refractivity contribution is -0.135. The van der Waals surface area contributed by atoms with Crippen LogP contribution in [0.4, 0.5) is 0 Å². The molecular formula is C11H14BrNO4. The molecule has 0 saturated heterocycles. The summed E-state index contributed by atoms with van der Waals surface area (Å²) in [5, 5.41) is 11.3. The fourth-order valence-corrected chi connectivity index (χ4v) is 1.85. The van der Waals surface area contributed by atoms with E-state index >= 15 is 0 Å². The molecule has 0 aliphatic rings. The van der Waals surface area contributed by atoms with E-state index in [2.05, 4.69) is 21.2 Å². The number of methoxy groups -OCH3 is 2. The second kappa shape index (κ2) is 6.46. The van der Waals surface area contributed by atoms with Gasteiger partial charge >= 0.3 is 5.97 Å². The van der Waals surface area contributed by atoms with Crippen molar-refractivity contribution in [2.45, 2.75) is 6.54 Å². The number of aliphatic carboxylic acids is 1. The van der Waals surface area contributed by atoms with Crippen LogP contribution in [0.25, 0.3) is 0 Å². The van der Waals surface area contributed by atoms with Crippen molar-refractivity contribution in [1.29, 1.82) is 0 Å². The minimum Gasteiger partial charge on any atom is -0.496 e. The molecule has 0 atom stereocenters. The van der Waals surface area contributed by atoms with Gasteiger partial charge in [-0.25, -0.2) is 0 Å².